The Morgan fingerprint density at radius 1 is 1.19 bits per heavy atom. The van der Waals surface area contributed by atoms with Crippen molar-refractivity contribution in [3.63, 3.8) is 0 Å². The average molecular weight is 290 g/mol. The monoisotopic (exact) mass is 290 g/mol. The fraction of sp³-hybridized carbons (Fsp3) is 0.471. The van der Waals surface area contributed by atoms with Crippen LogP contribution in [0.1, 0.15) is 38.8 Å². The van der Waals surface area contributed by atoms with E-state index in [1.165, 1.54) is 0 Å². The molecule has 2 rings (SSSR count). The molecule has 3 N–H and O–H groups in total. The standard InChI is InChI=1S/C17H23NO3/c1-5-12-6-14-13(9-18-11(4)10(2)3)7-17(20)21-16(14)8-15(12)19/h6-8,10-11,18-19H,5,9H2,1-4H3/p+1/t11-/m0/s1. The fourth-order valence-corrected chi connectivity index (χ4v) is 2.34. The summed E-state index contributed by atoms with van der Waals surface area (Å²) in [5, 5.41) is 13.1. The molecule has 1 heterocycles. The lowest BCUT2D eigenvalue weighted by Crippen LogP contribution is -2.89. The molecule has 21 heavy (non-hydrogen) atoms. The van der Waals surface area contributed by atoms with Gasteiger partial charge < -0.3 is 14.8 Å². The molecular weight excluding hydrogens is 266 g/mol. The van der Waals surface area contributed by atoms with Crippen LogP contribution in [0.25, 0.3) is 11.0 Å². The number of hydrogen-bond donors (Lipinski definition) is 2. The van der Waals surface area contributed by atoms with Gasteiger partial charge in [0.25, 0.3) is 0 Å². The Kier molecular flexibility index (Phi) is 4.68. The molecule has 0 amide bonds. The minimum absolute atomic E-state index is 0.185. The summed E-state index contributed by atoms with van der Waals surface area (Å²) in [4.78, 5) is 11.7. The first-order valence-electron chi connectivity index (χ1n) is 7.54. The van der Waals surface area contributed by atoms with Gasteiger partial charge in [-0.2, -0.15) is 0 Å². The Bertz CT molecular complexity index is 688. The van der Waals surface area contributed by atoms with E-state index in [4.69, 9.17) is 4.42 Å². The van der Waals surface area contributed by atoms with Gasteiger partial charge in [0, 0.05) is 29.0 Å². The third-order valence-corrected chi connectivity index (χ3v) is 4.17. The highest BCUT2D eigenvalue weighted by Gasteiger charge is 2.14. The number of phenolic OH excluding ortho intramolecular Hbond substituents is 1. The van der Waals surface area contributed by atoms with Crippen LogP contribution >= 0.6 is 0 Å². The van der Waals surface area contributed by atoms with Crippen LogP contribution in [0.2, 0.25) is 0 Å². The number of hydrogen-bond acceptors (Lipinski definition) is 3. The first-order valence-corrected chi connectivity index (χ1v) is 7.54. The van der Waals surface area contributed by atoms with Crippen molar-refractivity contribution in [3.8, 4) is 5.75 Å². The first kappa shape index (κ1) is 15.6. The fourth-order valence-electron chi connectivity index (χ4n) is 2.34. The third-order valence-electron chi connectivity index (χ3n) is 4.17. The SMILES string of the molecule is CCc1cc2c(C[NH2+][C@@H](C)C(C)C)cc(=O)oc2cc1O. The van der Waals surface area contributed by atoms with E-state index < -0.39 is 0 Å². The highest BCUT2D eigenvalue weighted by Crippen LogP contribution is 2.26. The third kappa shape index (κ3) is 3.45. The number of nitrogens with two attached hydrogens (primary N) is 1. The molecule has 1 atom stereocenters. The molecule has 0 aliphatic heterocycles. The van der Waals surface area contributed by atoms with Gasteiger partial charge in [0.15, 0.2) is 0 Å². The van der Waals surface area contributed by atoms with Crippen molar-refractivity contribution in [2.45, 2.75) is 46.7 Å². The van der Waals surface area contributed by atoms with Gasteiger partial charge in [-0.3, -0.25) is 0 Å². The van der Waals surface area contributed by atoms with E-state index in [1.54, 1.807) is 12.1 Å². The molecule has 0 radical (unpaired) electrons. The topological polar surface area (TPSA) is 67.0 Å². The second-order valence-corrected chi connectivity index (χ2v) is 5.96. The van der Waals surface area contributed by atoms with Crippen LogP contribution in [0.3, 0.4) is 0 Å². The largest absolute Gasteiger partial charge is 0.508 e. The smallest absolute Gasteiger partial charge is 0.336 e. The molecule has 0 unspecified atom stereocenters. The van der Waals surface area contributed by atoms with E-state index in [0.29, 0.717) is 17.5 Å². The van der Waals surface area contributed by atoms with Gasteiger partial charge in [-0.05, 0) is 25.0 Å². The molecule has 0 bridgehead atoms. The highest BCUT2D eigenvalue weighted by atomic mass is 16.4. The van der Waals surface area contributed by atoms with Crippen molar-refractivity contribution in [3.05, 3.63) is 39.7 Å². The Morgan fingerprint density at radius 3 is 2.52 bits per heavy atom. The molecule has 4 nitrogen and oxygen atoms in total. The van der Waals surface area contributed by atoms with Gasteiger partial charge in [-0.25, -0.2) is 4.79 Å². The predicted molar refractivity (Wildman–Crippen MR) is 83.5 cm³/mol. The Balaban J connectivity index is 2.44. The van der Waals surface area contributed by atoms with Gasteiger partial charge >= 0.3 is 5.63 Å². The lowest BCUT2D eigenvalue weighted by Gasteiger charge is -2.15. The van der Waals surface area contributed by atoms with Crippen LogP contribution in [-0.2, 0) is 13.0 Å². The molecule has 114 valence electrons. The molecule has 4 heteroatoms. The van der Waals surface area contributed by atoms with Crippen LogP contribution in [0, 0.1) is 5.92 Å². The number of phenols is 1. The maximum absolute atomic E-state index is 11.7. The van der Waals surface area contributed by atoms with E-state index in [2.05, 4.69) is 26.1 Å². The normalized spacial score (nSPS) is 13.0. The number of aryl methyl sites for hydroxylation is 1. The summed E-state index contributed by atoms with van der Waals surface area (Å²) in [6.45, 7) is 9.28. The summed E-state index contributed by atoms with van der Waals surface area (Å²) >= 11 is 0. The van der Waals surface area contributed by atoms with Gasteiger partial charge in [-0.1, -0.05) is 20.8 Å². The molecule has 0 saturated carbocycles. The summed E-state index contributed by atoms with van der Waals surface area (Å²) in [6.07, 6.45) is 0.743. The lowest BCUT2D eigenvalue weighted by atomic mass is 10.0. The summed E-state index contributed by atoms with van der Waals surface area (Å²) < 4.78 is 5.21. The molecule has 1 aromatic carbocycles. The molecule has 0 saturated heterocycles. The zero-order valence-electron chi connectivity index (χ0n) is 13.1. The zero-order chi connectivity index (χ0) is 15.6. The van der Waals surface area contributed by atoms with Crippen LogP contribution in [0.15, 0.2) is 27.4 Å². The molecule has 0 fully saturated rings. The van der Waals surface area contributed by atoms with Crippen molar-refractivity contribution < 1.29 is 14.8 Å². The molecule has 0 spiro atoms. The van der Waals surface area contributed by atoms with E-state index in [1.807, 2.05) is 13.0 Å². The van der Waals surface area contributed by atoms with Crippen LogP contribution in [-0.4, -0.2) is 11.1 Å². The maximum Gasteiger partial charge on any atom is 0.336 e. The molecule has 1 aromatic heterocycles. The predicted octanol–water partition coefficient (Wildman–Crippen LogP) is 2.17. The molecule has 0 aliphatic carbocycles. The van der Waals surface area contributed by atoms with Crippen molar-refractivity contribution in [2.75, 3.05) is 0 Å². The number of quaternary nitrogens is 1. The van der Waals surface area contributed by atoms with Gasteiger partial charge in [0.2, 0.25) is 0 Å². The van der Waals surface area contributed by atoms with Gasteiger partial charge in [0.1, 0.15) is 17.9 Å². The number of benzene rings is 1. The van der Waals surface area contributed by atoms with Crippen molar-refractivity contribution in [1.29, 1.82) is 0 Å². The quantitative estimate of drug-likeness (QED) is 0.829. The van der Waals surface area contributed by atoms with Gasteiger partial charge in [0.05, 0.1) is 6.04 Å². The molecular formula is C17H24NO3+. The van der Waals surface area contributed by atoms with Crippen molar-refractivity contribution >= 4 is 11.0 Å². The van der Waals surface area contributed by atoms with E-state index in [9.17, 15) is 9.90 Å². The zero-order valence-corrected chi connectivity index (χ0v) is 13.1. The second kappa shape index (κ2) is 6.31. The summed E-state index contributed by atoms with van der Waals surface area (Å²) in [5.74, 6) is 0.761. The van der Waals surface area contributed by atoms with E-state index in [-0.39, 0.29) is 11.4 Å². The number of fused-ring (bicyclic) bond motifs is 1. The summed E-state index contributed by atoms with van der Waals surface area (Å²) in [6, 6.07) is 5.51. The average Bonchev–Trinajstić information content (AvgIpc) is 2.43. The molecule has 0 aliphatic rings. The Hall–Kier alpha value is -1.81. The Labute approximate surface area is 124 Å². The van der Waals surface area contributed by atoms with Crippen LogP contribution < -0.4 is 10.9 Å². The van der Waals surface area contributed by atoms with Gasteiger partial charge in [-0.15, -0.1) is 0 Å². The van der Waals surface area contributed by atoms with Crippen LogP contribution in [0.5, 0.6) is 5.75 Å². The van der Waals surface area contributed by atoms with E-state index in [0.717, 1.165) is 29.5 Å². The summed E-state index contributed by atoms with van der Waals surface area (Å²) in [7, 11) is 0. The Morgan fingerprint density at radius 2 is 1.90 bits per heavy atom. The maximum atomic E-state index is 11.7. The number of aromatic hydroxyl groups is 1. The highest BCUT2D eigenvalue weighted by molar-refractivity contribution is 5.82. The van der Waals surface area contributed by atoms with E-state index >= 15 is 0 Å². The lowest BCUT2D eigenvalue weighted by molar-refractivity contribution is -0.706. The van der Waals surface area contributed by atoms with Crippen LogP contribution in [0.4, 0.5) is 0 Å². The molecule has 2 aromatic rings. The number of rotatable bonds is 5. The second-order valence-electron chi connectivity index (χ2n) is 5.96. The van der Waals surface area contributed by atoms with Crippen molar-refractivity contribution in [2.24, 2.45) is 5.92 Å². The summed E-state index contributed by atoms with van der Waals surface area (Å²) in [5.41, 5.74) is 1.92. The minimum atomic E-state index is -0.369. The minimum Gasteiger partial charge on any atom is -0.508 e. The first-order chi connectivity index (χ1) is 9.92. The van der Waals surface area contributed by atoms with Crippen molar-refractivity contribution in [1.82, 2.24) is 0 Å².